The average molecular weight is 339 g/mol. The molecule has 1 aliphatic rings. The highest BCUT2D eigenvalue weighted by Gasteiger charge is 2.27. The smallest absolute Gasteiger partial charge is 0.216 e. The minimum atomic E-state index is -3.20. The summed E-state index contributed by atoms with van der Waals surface area (Å²) in [6, 6.07) is 6.69. The van der Waals surface area contributed by atoms with Crippen LogP contribution in [-0.2, 0) is 22.9 Å². The molecule has 0 aliphatic heterocycles. The van der Waals surface area contributed by atoms with E-state index in [4.69, 9.17) is 0 Å². The van der Waals surface area contributed by atoms with E-state index in [0.29, 0.717) is 6.54 Å². The summed E-state index contributed by atoms with van der Waals surface area (Å²) in [6.07, 6.45) is 6.65. The number of fused-ring (bicyclic) bond motifs is 1. The molecular weight excluding hydrogens is 308 g/mol. The van der Waals surface area contributed by atoms with Crippen molar-refractivity contribution in [2.24, 2.45) is 0 Å². The molecule has 0 bridgehead atoms. The van der Waals surface area contributed by atoms with Gasteiger partial charge in [-0.25, -0.2) is 13.1 Å². The van der Waals surface area contributed by atoms with Gasteiger partial charge in [-0.1, -0.05) is 12.5 Å². The van der Waals surface area contributed by atoms with Crippen molar-refractivity contribution in [3.63, 3.8) is 0 Å². The predicted octanol–water partition coefficient (Wildman–Crippen LogP) is 3.48. The second-order valence-corrected chi connectivity index (χ2v) is 9.85. The number of nitrogens with one attached hydrogen (secondary N) is 2. The van der Waals surface area contributed by atoms with Gasteiger partial charge in [-0.2, -0.15) is 0 Å². The van der Waals surface area contributed by atoms with E-state index in [9.17, 15) is 8.42 Å². The van der Waals surface area contributed by atoms with Gasteiger partial charge in [-0.15, -0.1) is 0 Å². The molecule has 0 aromatic heterocycles. The number of unbranched alkanes of at least 4 members (excludes halogenated alkanes) is 2. The van der Waals surface area contributed by atoms with Gasteiger partial charge in [-0.3, -0.25) is 0 Å². The van der Waals surface area contributed by atoms with Gasteiger partial charge in [0.15, 0.2) is 0 Å². The van der Waals surface area contributed by atoms with Crippen LogP contribution in [0.25, 0.3) is 0 Å². The predicted molar refractivity (Wildman–Crippen MR) is 97.5 cm³/mol. The molecule has 0 fully saturated rings. The number of hydrogen-bond acceptors (Lipinski definition) is 3. The number of anilines is 1. The van der Waals surface area contributed by atoms with Crippen LogP contribution in [-0.4, -0.2) is 26.3 Å². The second kappa shape index (κ2) is 7.67. The molecule has 0 unspecified atom stereocenters. The topological polar surface area (TPSA) is 58.2 Å². The van der Waals surface area contributed by atoms with E-state index in [1.54, 1.807) is 20.8 Å². The quantitative estimate of drug-likeness (QED) is 0.714. The van der Waals surface area contributed by atoms with Crippen LogP contribution in [0.15, 0.2) is 18.2 Å². The van der Waals surface area contributed by atoms with E-state index in [0.717, 1.165) is 25.8 Å². The van der Waals surface area contributed by atoms with Gasteiger partial charge in [0.1, 0.15) is 0 Å². The van der Waals surface area contributed by atoms with Crippen LogP contribution in [0, 0.1) is 0 Å². The first kappa shape index (κ1) is 18.3. The summed E-state index contributed by atoms with van der Waals surface area (Å²) in [5.41, 5.74) is 4.20. The van der Waals surface area contributed by atoms with E-state index < -0.39 is 14.8 Å². The maximum absolute atomic E-state index is 11.9. The molecular formula is C18H30N2O2S. The van der Waals surface area contributed by atoms with E-state index in [1.807, 2.05) is 0 Å². The third kappa shape index (κ3) is 5.21. The van der Waals surface area contributed by atoms with Crippen molar-refractivity contribution in [3.05, 3.63) is 29.3 Å². The van der Waals surface area contributed by atoms with Gasteiger partial charge in [0.2, 0.25) is 10.0 Å². The van der Waals surface area contributed by atoms with Crippen LogP contribution in [0.4, 0.5) is 5.69 Å². The first-order chi connectivity index (χ1) is 10.8. The molecule has 0 spiro atoms. The normalized spacial score (nSPS) is 14.7. The third-order valence-corrected chi connectivity index (χ3v) is 6.58. The zero-order valence-electron chi connectivity index (χ0n) is 14.6. The second-order valence-electron chi connectivity index (χ2n) is 7.33. The Hall–Kier alpha value is -1.07. The lowest BCUT2D eigenvalue weighted by molar-refractivity contribution is 0.540. The summed E-state index contributed by atoms with van der Waals surface area (Å²) >= 11 is 0. The van der Waals surface area contributed by atoms with Crippen LogP contribution >= 0.6 is 0 Å². The molecule has 1 aliphatic carbocycles. The SMILES string of the molecule is CC(C)(C)S(=O)(=O)NCCCCCNc1ccc2c(c1)CCC2. The maximum Gasteiger partial charge on any atom is 0.216 e. The summed E-state index contributed by atoms with van der Waals surface area (Å²) in [4.78, 5) is 0. The summed E-state index contributed by atoms with van der Waals surface area (Å²) in [5.74, 6) is 0. The van der Waals surface area contributed by atoms with Crippen LogP contribution in [0.5, 0.6) is 0 Å². The molecule has 2 N–H and O–H groups in total. The average Bonchev–Trinajstić information content (AvgIpc) is 2.92. The first-order valence-electron chi connectivity index (χ1n) is 8.64. The fraction of sp³-hybridized carbons (Fsp3) is 0.667. The van der Waals surface area contributed by atoms with Crippen LogP contribution in [0.2, 0.25) is 0 Å². The highest BCUT2D eigenvalue weighted by Crippen LogP contribution is 2.24. The largest absolute Gasteiger partial charge is 0.385 e. The molecule has 0 radical (unpaired) electrons. The third-order valence-electron chi connectivity index (χ3n) is 4.38. The number of aryl methyl sites for hydroxylation is 2. The van der Waals surface area contributed by atoms with E-state index >= 15 is 0 Å². The summed E-state index contributed by atoms with van der Waals surface area (Å²) < 4.78 is 25.7. The van der Waals surface area contributed by atoms with Crippen molar-refractivity contribution in [1.29, 1.82) is 0 Å². The zero-order chi connectivity index (χ0) is 16.9. The standard InChI is InChI=1S/C18H30N2O2S/c1-18(2,3)23(21,22)20-13-6-4-5-12-19-17-11-10-15-8-7-9-16(15)14-17/h10-11,14,19-20H,4-9,12-13H2,1-3H3. The van der Waals surface area contributed by atoms with E-state index in [2.05, 4.69) is 28.2 Å². The van der Waals surface area contributed by atoms with Gasteiger partial charge in [0.05, 0.1) is 4.75 Å². The molecule has 0 saturated carbocycles. The molecule has 0 heterocycles. The number of rotatable bonds is 8. The monoisotopic (exact) mass is 338 g/mol. The van der Waals surface area contributed by atoms with Gasteiger partial charge >= 0.3 is 0 Å². The Morgan fingerprint density at radius 1 is 1.00 bits per heavy atom. The van der Waals surface area contributed by atoms with Crippen molar-refractivity contribution in [2.75, 3.05) is 18.4 Å². The first-order valence-corrected chi connectivity index (χ1v) is 10.1. The van der Waals surface area contributed by atoms with Crippen molar-refractivity contribution < 1.29 is 8.42 Å². The minimum absolute atomic E-state index is 0.526. The molecule has 2 rings (SSSR count). The highest BCUT2D eigenvalue weighted by molar-refractivity contribution is 7.90. The zero-order valence-corrected chi connectivity index (χ0v) is 15.4. The van der Waals surface area contributed by atoms with Gasteiger partial charge in [0.25, 0.3) is 0 Å². The molecule has 1 aromatic rings. The Kier molecular flexibility index (Phi) is 6.09. The summed E-state index contributed by atoms with van der Waals surface area (Å²) in [5, 5.41) is 3.47. The molecule has 0 amide bonds. The molecule has 130 valence electrons. The minimum Gasteiger partial charge on any atom is -0.385 e. The molecule has 4 nitrogen and oxygen atoms in total. The number of hydrogen-bond donors (Lipinski definition) is 2. The molecule has 0 atom stereocenters. The lowest BCUT2D eigenvalue weighted by atomic mass is 10.1. The van der Waals surface area contributed by atoms with E-state index in [1.165, 1.54) is 36.1 Å². The lowest BCUT2D eigenvalue weighted by Crippen LogP contribution is -2.39. The van der Waals surface area contributed by atoms with Gasteiger partial charge in [0, 0.05) is 18.8 Å². The fourth-order valence-electron chi connectivity index (χ4n) is 2.76. The molecule has 0 saturated heterocycles. The van der Waals surface area contributed by atoms with E-state index in [-0.39, 0.29) is 0 Å². The Morgan fingerprint density at radius 3 is 2.43 bits per heavy atom. The van der Waals surface area contributed by atoms with Crippen LogP contribution < -0.4 is 10.0 Å². The Morgan fingerprint density at radius 2 is 1.70 bits per heavy atom. The van der Waals surface area contributed by atoms with Crippen LogP contribution in [0.1, 0.15) is 57.6 Å². The Balaban J connectivity index is 1.60. The van der Waals surface area contributed by atoms with Gasteiger partial charge in [-0.05, 0) is 76.1 Å². The maximum atomic E-state index is 11.9. The number of sulfonamides is 1. The molecule has 1 aromatic carbocycles. The van der Waals surface area contributed by atoms with Crippen molar-refractivity contribution in [1.82, 2.24) is 4.72 Å². The van der Waals surface area contributed by atoms with Crippen molar-refractivity contribution in [3.8, 4) is 0 Å². The summed E-state index contributed by atoms with van der Waals surface area (Å²) in [6.45, 7) is 6.62. The number of benzene rings is 1. The molecule has 23 heavy (non-hydrogen) atoms. The fourth-order valence-corrected chi connectivity index (χ4v) is 3.61. The Labute approximate surface area is 141 Å². The Bertz CT molecular complexity index is 618. The molecule has 5 heteroatoms. The highest BCUT2D eigenvalue weighted by atomic mass is 32.2. The van der Waals surface area contributed by atoms with Crippen molar-refractivity contribution in [2.45, 2.75) is 64.0 Å². The van der Waals surface area contributed by atoms with Crippen molar-refractivity contribution >= 4 is 15.7 Å². The van der Waals surface area contributed by atoms with Crippen LogP contribution in [0.3, 0.4) is 0 Å². The lowest BCUT2D eigenvalue weighted by Gasteiger charge is -2.19. The van der Waals surface area contributed by atoms with Gasteiger partial charge < -0.3 is 5.32 Å². The summed E-state index contributed by atoms with van der Waals surface area (Å²) in [7, 11) is -3.20.